The van der Waals surface area contributed by atoms with Crippen molar-refractivity contribution in [3.8, 4) is 0 Å². The van der Waals surface area contributed by atoms with Crippen molar-refractivity contribution >= 4 is 6.03 Å². The predicted octanol–water partition coefficient (Wildman–Crippen LogP) is 2.45. The summed E-state index contributed by atoms with van der Waals surface area (Å²) in [6, 6.07) is 0.366. The second-order valence-corrected chi connectivity index (χ2v) is 6.56. The van der Waals surface area contributed by atoms with Crippen LogP contribution in [-0.4, -0.2) is 42.6 Å². The summed E-state index contributed by atoms with van der Waals surface area (Å²) in [6.07, 6.45) is 2.62. The van der Waals surface area contributed by atoms with E-state index in [0.717, 1.165) is 19.0 Å². The van der Waals surface area contributed by atoms with Crippen LogP contribution in [-0.2, 0) is 0 Å². The molecular weight excluding hydrogens is 238 g/mol. The highest BCUT2D eigenvalue weighted by atomic mass is 16.2. The lowest BCUT2D eigenvalue weighted by atomic mass is 10.00. The number of hydrogen-bond donors (Lipinski definition) is 2. The van der Waals surface area contributed by atoms with Crippen LogP contribution in [0.4, 0.5) is 4.79 Å². The van der Waals surface area contributed by atoms with Crippen molar-refractivity contribution in [2.24, 2.45) is 11.8 Å². The first-order valence-electron chi connectivity index (χ1n) is 7.67. The maximum absolute atomic E-state index is 11.8. The van der Waals surface area contributed by atoms with Gasteiger partial charge in [-0.3, -0.25) is 0 Å². The highest BCUT2D eigenvalue weighted by molar-refractivity contribution is 5.74. The van der Waals surface area contributed by atoms with Crippen LogP contribution >= 0.6 is 0 Å². The Bertz CT molecular complexity index is 281. The van der Waals surface area contributed by atoms with Gasteiger partial charge in [0.1, 0.15) is 0 Å². The number of nitrogens with one attached hydrogen (secondary N) is 2. The molecule has 0 aromatic rings. The smallest absolute Gasteiger partial charge is 0.315 e. The molecule has 0 aliphatic carbocycles. The fraction of sp³-hybridized carbons (Fsp3) is 0.933. The second kappa shape index (κ2) is 7.73. The molecule has 1 heterocycles. The standard InChI is InChI=1S/C15H31N3O/c1-11(2)14(5)17-15(19)16-13(4)10-18-8-6-7-12(3)9-18/h11-14H,6-10H2,1-5H3,(H2,16,17,19). The molecule has 1 fully saturated rings. The van der Waals surface area contributed by atoms with E-state index < -0.39 is 0 Å². The van der Waals surface area contributed by atoms with Gasteiger partial charge < -0.3 is 15.5 Å². The van der Waals surface area contributed by atoms with Crippen molar-refractivity contribution in [3.05, 3.63) is 0 Å². The maximum Gasteiger partial charge on any atom is 0.315 e. The lowest BCUT2D eigenvalue weighted by molar-refractivity contribution is 0.169. The van der Waals surface area contributed by atoms with Crippen molar-refractivity contribution < 1.29 is 4.79 Å². The molecule has 0 radical (unpaired) electrons. The van der Waals surface area contributed by atoms with Crippen LogP contribution in [0.25, 0.3) is 0 Å². The van der Waals surface area contributed by atoms with Crippen LogP contribution in [0.15, 0.2) is 0 Å². The number of piperidine rings is 1. The van der Waals surface area contributed by atoms with Crippen molar-refractivity contribution in [1.82, 2.24) is 15.5 Å². The molecule has 0 bridgehead atoms. The average Bonchev–Trinajstić information content (AvgIpc) is 2.27. The minimum atomic E-state index is -0.0428. The fourth-order valence-electron chi connectivity index (χ4n) is 2.52. The van der Waals surface area contributed by atoms with Gasteiger partial charge in [0.15, 0.2) is 0 Å². The Morgan fingerprint density at radius 2 is 1.95 bits per heavy atom. The van der Waals surface area contributed by atoms with Crippen LogP contribution in [0.3, 0.4) is 0 Å². The molecule has 1 rings (SSSR count). The van der Waals surface area contributed by atoms with E-state index in [4.69, 9.17) is 0 Å². The molecule has 19 heavy (non-hydrogen) atoms. The van der Waals surface area contributed by atoms with Crippen LogP contribution in [0.1, 0.15) is 47.5 Å². The maximum atomic E-state index is 11.8. The van der Waals surface area contributed by atoms with Crippen molar-refractivity contribution in [1.29, 1.82) is 0 Å². The van der Waals surface area contributed by atoms with Gasteiger partial charge in [0.25, 0.3) is 0 Å². The Morgan fingerprint density at radius 1 is 1.26 bits per heavy atom. The van der Waals surface area contributed by atoms with Gasteiger partial charge in [0.05, 0.1) is 0 Å². The summed E-state index contributed by atoms with van der Waals surface area (Å²) in [6.45, 7) is 13.9. The minimum absolute atomic E-state index is 0.0428. The minimum Gasteiger partial charge on any atom is -0.335 e. The summed E-state index contributed by atoms with van der Waals surface area (Å²) < 4.78 is 0. The molecule has 0 aromatic heterocycles. The predicted molar refractivity (Wildman–Crippen MR) is 80.3 cm³/mol. The fourth-order valence-corrected chi connectivity index (χ4v) is 2.52. The van der Waals surface area contributed by atoms with Gasteiger partial charge in [0.2, 0.25) is 0 Å². The second-order valence-electron chi connectivity index (χ2n) is 6.56. The molecule has 1 aliphatic heterocycles. The molecule has 0 saturated carbocycles. The van der Waals surface area contributed by atoms with Crippen LogP contribution in [0.2, 0.25) is 0 Å². The van der Waals surface area contributed by atoms with E-state index in [2.05, 4.69) is 43.2 Å². The Labute approximate surface area is 118 Å². The Morgan fingerprint density at radius 3 is 2.53 bits per heavy atom. The summed E-state index contributed by atoms with van der Waals surface area (Å²) in [5.41, 5.74) is 0. The lowest BCUT2D eigenvalue weighted by Crippen LogP contribution is -2.50. The first kappa shape index (κ1) is 16.3. The van der Waals surface area contributed by atoms with E-state index >= 15 is 0 Å². The highest BCUT2D eigenvalue weighted by Gasteiger charge is 2.19. The number of amides is 2. The molecule has 0 aromatic carbocycles. The molecule has 0 spiro atoms. The zero-order chi connectivity index (χ0) is 14.4. The quantitative estimate of drug-likeness (QED) is 0.805. The zero-order valence-corrected chi connectivity index (χ0v) is 13.2. The summed E-state index contributed by atoms with van der Waals surface area (Å²) in [5.74, 6) is 1.25. The molecule has 2 amide bonds. The average molecular weight is 269 g/mol. The number of urea groups is 1. The van der Waals surface area contributed by atoms with E-state index in [-0.39, 0.29) is 18.1 Å². The van der Waals surface area contributed by atoms with E-state index in [1.807, 2.05) is 6.92 Å². The van der Waals surface area contributed by atoms with E-state index in [1.54, 1.807) is 0 Å². The normalized spacial score (nSPS) is 24.0. The van der Waals surface area contributed by atoms with Crippen molar-refractivity contribution in [2.45, 2.75) is 59.5 Å². The molecule has 1 aliphatic rings. The van der Waals surface area contributed by atoms with E-state index in [0.29, 0.717) is 5.92 Å². The Kier molecular flexibility index (Phi) is 6.63. The molecule has 4 nitrogen and oxygen atoms in total. The number of likely N-dealkylation sites (tertiary alicyclic amines) is 1. The molecular formula is C15H31N3O. The number of rotatable bonds is 5. The molecule has 112 valence electrons. The largest absolute Gasteiger partial charge is 0.335 e. The highest BCUT2D eigenvalue weighted by Crippen LogP contribution is 2.15. The van der Waals surface area contributed by atoms with Gasteiger partial charge >= 0.3 is 6.03 Å². The molecule has 2 N–H and O–H groups in total. The summed E-state index contributed by atoms with van der Waals surface area (Å²) in [7, 11) is 0. The molecule has 4 heteroatoms. The van der Waals surface area contributed by atoms with Crippen molar-refractivity contribution in [3.63, 3.8) is 0 Å². The van der Waals surface area contributed by atoms with Crippen LogP contribution in [0.5, 0.6) is 0 Å². The van der Waals surface area contributed by atoms with Gasteiger partial charge in [-0.15, -0.1) is 0 Å². The first-order chi connectivity index (χ1) is 8.88. The summed E-state index contributed by atoms with van der Waals surface area (Å²) in [4.78, 5) is 14.3. The zero-order valence-electron chi connectivity index (χ0n) is 13.2. The summed E-state index contributed by atoms with van der Waals surface area (Å²) in [5, 5.41) is 6.02. The van der Waals surface area contributed by atoms with Crippen molar-refractivity contribution in [2.75, 3.05) is 19.6 Å². The van der Waals surface area contributed by atoms with E-state index in [9.17, 15) is 4.79 Å². The number of nitrogens with zero attached hydrogens (tertiary/aromatic N) is 1. The van der Waals surface area contributed by atoms with Gasteiger partial charge in [-0.1, -0.05) is 20.8 Å². The van der Waals surface area contributed by atoms with Gasteiger partial charge in [-0.05, 0) is 45.1 Å². The van der Waals surface area contributed by atoms with Gasteiger partial charge in [-0.25, -0.2) is 4.79 Å². The number of carbonyl (C=O) groups is 1. The third kappa shape index (κ3) is 6.28. The van der Waals surface area contributed by atoms with Gasteiger partial charge in [0, 0.05) is 25.2 Å². The SMILES string of the molecule is CC1CCCN(CC(C)NC(=O)NC(C)C(C)C)C1. The third-order valence-electron chi connectivity index (χ3n) is 4.01. The molecule has 3 atom stereocenters. The first-order valence-corrected chi connectivity index (χ1v) is 7.67. The topological polar surface area (TPSA) is 44.4 Å². The number of carbonyl (C=O) groups excluding carboxylic acids is 1. The number of hydrogen-bond acceptors (Lipinski definition) is 2. The Hall–Kier alpha value is -0.770. The summed E-state index contributed by atoms with van der Waals surface area (Å²) >= 11 is 0. The monoisotopic (exact) mass is 269 g/mol. The Balaban J connectivity index is 2.26. The van der Waals surface area contributed by atoms with Gasteiger partial charge in [-0.2, -0.15) is 0 Å². The van der Waals surface area contributed by atoms with Crippen LogP contribution in [0, 0.1) is 11.8 Å². The van der Waals surface area contributed by atoms with Crippen LogP contribution < -0.4 is 10.6 Å². The lowest BCUT2D eigenvalue weighted by Gasteiger charge is -2.33. The molecule has 1 saturated heterocycles. The molecule has 3 unspecified atom stereocenters. The van der Waals surface area contributed by atoms with E-state index in [1.165, 1.54) is 19.4 Å². The third-order valence-corrected chi connectivity index (χ3v) is 4.01.